The fourth-order valence-electron chi connectivity index (χ4n) is 6.45. The Kier molecular flexibility index (Phi) is 4.71. The van der Waals surface area contributed by atoms with Crippen LogP contribution in [0.5, 0.6) is 0 Å². The summed E-state index contributed by atoms with van der Waals surface area (Å²) in [6, 6.07) is 4.13. The zero-order valence-corrected chi connectivity index (χ0v) is 19.9. The van der Waals surface area contributed by atoms with Gasteiger partial charge in [-0.1, -0.05) is 17.4 Å². The molecule has 7 nitrogen and oxygen atoms in total. The van der Waals surface area contributed by atoms with Crippen LogP contribution < -0.4 is 4.87 Å². The van der Waals surface area contributed by atoms with Crippen molar-refractivity contribution in [3.8, 4) is 0 Å². The van der Waals surface area contributed by atoms with Crippen LogP contribution in [0.3, 0.4) is 0 Å². The molecule has 2 aromatic rings. The number of esters is 1. The average molecular weight is 491 g/mol. The van der Waals surface area contributed by atoms with Crippen molar-refractivity contribution in [2.45, 2.75) is 42.6 Å². The molecular weight excluding hydrogens is 468 g/mol. The highest BCUT2D eigenvalue weighted by Gasteiger charge is 2.69. The van der Waals surface area contributed by atoms with Crippen molar-refractivity contribution in [1.82, 2.24) is 9.88 Å². The lowest BCUT2D eigenvalue weighted by atomic mass is 9.69. The van der Waals surface area contributed by atoms with Crippen molar-refractivity contribution < 1.29 is 19.1 Å². The molecule has 7 atom stereocenters. The van der Waals surface area contributed by atoms with Gasteiger partial charge in [0.2, 0.25) is 11.8 Å². The third-order valence-electron chi connectivity index (χ3n) is 7.32. The van der Waals surface area contributed by atoms with Crippen molar-refractivity contribution in [3.63, 3.8) is 0 Å². The van der Waals surface area contributed by atoms with E-state index < -0.39 is 5.97 Å². The zero-order chi connectivity index (χ0) is 22.3. The maximum atomic E-state index is 13.4. The summed E-state index contributed by atoms with van der Waals surface area (Å²) in [4.78, 5) is 57.4. The third kappa shape index (κ3) is 2.85. The largest absolute Gasteiger partial charge is 0.462 e. The number of thiazole rings is 1. The number of imide groups is 1. The molecule has 10 heteroatoms. The molecule has 1 N–H and O–H groups in total. The molecule has 0 unspecified atom stereocenters. The minimum absolute atomic E-state index is 0.0569. The topological polar surface area (TPSA) is 96.5 Å². The predicted molar refractivity (Wildman–Crippen MR) is 121 cm³/mol. The highest BCUT2D eigenvalue weighted by Crippen LogP contribution is 2.68. The van der Waals surface area contributed by atoms with Crippen LogP contribution in [0.15, 0.2) is 27.3 Å². The first kappa shape index (κ1) is 20.7. The summed E-state index contributed by atoms with van der Waals surface area (Å²) in [5.74, 6) is -1.34. The van der Waals surface area contributed by atoms with Gasteiger partial charge in [-0.15, -0.1) is 23.1 Å². The van der Waals surface area contributed by atoms with Gasteiger partial charge in [-0.3, -0.25) is 24.1 Å². The van der Waals surface area contributed by atoms with Gasteiger partial charge in [-0.05, 0) is 49.5 Å². The van der Waals surface area contributed by atoms with E-state index in [0.29, 0.717) is 0 Å². The molecule has 3 fully saturated rings. The summed E-state index contributed by atoms with van der Waals surface area (Å²) < 4.78 is 5.18. The van der Waals surface area contributed by atoms with Crippen LogP contribution in [-0.4, -0.2) is 45.6 Å². The average Bonchev–Trinajstić information content (AvgIpc) is 3.52. The first-order valence-electron chi connectivity index (χ1n) is 10.8. The normalized spacial score (nSPS) is 34.7. The van der Waals surface area contributed by atoms with E-state index >= 15 is 0 Å². The molecule has 0 aromatic carbocycles. The third-order valence-corrected chi connectivity index (χ3v) is 10.9. The van der Waals surface area contributed by atoms with Gasteiger partial charge in [0.05, 0.1) is 23.0 Å². The summed E-state index contributed by atoms with van der Waals surface area (Å²) >= 11 is 4.62. The number of carbonyl (C=O) groups is 3. The van der Waals surface area contributed by atoms with Crippen LogP contribution in [0, 0.1) is 29.6 Å². The SMILES string of the molecule is CC(C)OC(=O)CN1C(=O)[C@@H]2[C@H]3C[C@@H]([C@@H]2C1=O)[C@@H]1[C@@H](c2cccs2)c2sc(=O)[nH]c2S[C@@H]31. The molecule has 1 saturated heterocycles. The molecule has 4 heterocycles. The summed E-state index contributed by atoms with van der Waals surface area (Å²) in [5, 5.41) is 3.13. The number of carbonyl (C=O) groups excluding carboxylic acids is 3. The Morgan fingerprint density at radius 2 is 1.97 bits per heavy atom. The molecule has 2 amide bonds. The monoisotopic (exact) mass is 490 g/mol. The number of H-pyrrole nitrogens is 1. The number of nitrogens with zero attached hydrogens (tertiary/aromatic N) is 1. The number of ether oxygens (including phenoxy) is 1. The van der Waals surface area contributed by atoms with Crippen LogP contribution in [0.2, 0.25) is 0 Å². The molecule has 2 bridgehead atoms. The van der Waals surface area contributed by atoms with E-state index in [1.165, 1.54) is 16.2 Å². The molecule has 2 saturated carbocycles. The number of fused-ring (bicyclic) bond motifs is 9. The van der Waals surface area contributed by atoms with Gasteiger partial charge in [0.25, 0.3) is 0 Å². The van der Waals surface area contributed by atoms with E-state index in [2.05, 4.69) is 11.1 Å². The van der Waals surface area contributed by atoms with Gasteiger partial charge in [-0.2, -0.15) is 0 Å². The number of thioether (sulfide) groups is 1. The van der Waals surface area contributed by atoms with Gasteiger partial charge < -0.3 is 9.72 Å². The Labute approximate surface area is 196 Å². The van der Waals surface area contributed by atoms with Gasteiger partial charge in [0.1, 0.15) is 6.54 Å². The standard InChI is InChI=1S/C22H22N2O5S3/c1-8(2)29-12(25)7-24-20(26)14-9-6-10(15(14)21(24)27)17-13(9)16(11-4-3-5-30-11)18-19(31-17)23-22(28)32-18/h3-5,8-10,13-17H,6-7H2,1-2H3,(H,23,28)/t9-,10-,13-,14+,15-,16-,17+/m1/s1. The Morgan fingerprint density at radius 1 is 1.22 bits per heavy atom. The molecule has 4 aliphatic rings. The number of rotatable bonds is 4. The first-order valence-corrected chi connectivity index (χ1v) is 13.4. The zero-order valence-electron chi connectivity index (χ0n) is 17.5. The Balaban J connectivity index is 1.36. The number of amides is 2. The van der Waals surface area contributed by atoms with E-state index in [-0.39, 0.29) is 70.1 Å². The molecular formula is C22H22N2O5S3. The van der Waals surface area contributed by atoms with Crippen LogP contribution in [0.25, 0.3) is 0 Å². The maximum Gasteiger partial charge on any atom is 0.326 e. The number of aromatic nitrogens is 1. The van der Waals surface area contributed by atoms with Gasteiger partial charge in [0.15, 0.2) is 0 Å². The quantitative estimate of drug-likeness (QED) is 0.523. The summed E-state index contributed by atoms with van der Waals surface area (Å²) in [5.41, 5.74) is 0. The van der Waals surface area contributed by atoms with Crippen molar-refractivity contribution >= 4 is 52.2 Å². The van der Waals surface area contributed by atoms with Crippen LogP contribution >= 0.6 is 34.4 Å². The molecule has 6 rings (SSSR count). The highest BCUT2D eigenvalue weighted by atomic mass is 32.2. The van der Waals surface area contributed by atoms with E-state index in [1.54, 1.807) is 36.9 Å². The maximum absolute atomic E-state index is 13.4. The number of likely N-dealkylation sites (tertiary alicyclic amines) is 1. The number of thiophene rings is 1. The smallest absolute Gasteiger partial charge is 0.326 e. The Bertz CT molecular complexity index is 1170. The second kappa shape index (κ2) is 7.30. The van der Waals surface area contributed by atoms with Crippen LogP contribution in [0.4, 0.5) is 0 Å². The molecule has 168 valence electrons. The lowest BCUT2D eigenvalue weighted by Gasteiger charge is -2.42. The van der Waals surface area contributed by atoms with Crippen molar-refractivity contribution in [1.29, 1.82) is 0 Å². The van der Waals surface area contributed by atoms with E-state index in [0.717, 1.165) is 21.2 Å². The number of hydrogen-bond acceptors (Lipinski definition) is 8. The fraction of sp³-hybridized carbons (Fsp3) is 0.545. The molecule has 2 aliphatic heterocycles. The summed E-state index contributed by atoms with van der Waals surface area (Å²) in [6.45, 7) is 3.19. The number of nitrogens with one attached hydrogen (secondary N) is 1. The number of hydrogen-bond donors (Lipinski definition) is 1. The molecule has 32 heavy (non-hydrogen) atoms. The molecule has 0 spiro atoms. The van der Waals surface area contributed by atoms with Crippen molar-refractivity contribution in [3.05, 3.63) is 36.9 Å². The van der Waals surface area contributed by atoms with E-state index in [1.807, 2.05) is 11.4 Å². The first-order chi connectivity index (χ1) is 15.3. The van der Waals surface area contributed by atoms with Gasteiger partial charge >= 0.3 is 10.8 Å². The van der Waals surface area contributed by atoms with E-state index in [9.17, 15) is 19.2 Å². The second-order valence-corrected chi connectivity index (χ2v) is 12.5. The number of aromatic amines is 1. The molecule has 0 radical (unpaired) electrons. The van der Waals surface area contributed by atoms with E-state index in [4.69, 9.17) is 4.74 Å². The molecule has 2 aliphatic carbocycles. The second-order valence-electron chi connectivity index (χ2n) is 9.28. The minimum Gasteiger partial charge on any atom is -0.462 e. The highest BCUT2D eigenvalue weighted by molar-refractivity contribution is 8.00. The van der Waals surface area contributed by atoms with Crippen LogP contribution in [-0.2, 0) is 19.1 Å². The Morgan fingerprint density at radius 3 is 2.66 bits per heavy atom. The Hall–Kier alpha value is -1.91. The van der Waals surface area contributed by atoms with Crippen molar-refractivity contribution in [2.75, 3.05) is 6.54 Å². The lowest BCUT2D eigenvalue weighted by molar-refractivity contribution is -0.155. The summed E-state index contributed by atoms with van der Waals surface area (Å²) in [6.07, 6.45) is 0.554. The lowest BCUT2D eigenvalue weighted by Crippen LogP contribution is -2.42. The minimum atomic E-state index is -0.544. The fourth-order valence-corrected chi connectivity index (χ4v) is 10.3. The predicted octanol–water partition coefficient (Wildman–Crippen LogP) is 2.92. The van der Waals surface area contributed by atoms with Gasteiger partial charge in [-0.25, -0.2) is 0 Å². The van der Waals surface area contributed by atoms with Gasteiger partial charge in [0, 0.05) is 20.9 Å². The molecule has 2 aromatic heterocycles. The van der Waals surface area contributed by atoms with Crippen molar-refractivity contribution in [2.24, 2.45) is 29.6 Å². The van der Waals surface area contributed by atoms with Crippen LogP contribution in [0.1, 0.15) is 35.9 Å². The summed E-state index contributed by atoms with van der Waals surface area (Å²) in [7, 11) is 0.